The Kier molecular flexibility index (Phi) is 5.22. The van der Waals surface area contributed by atoms with Crippen molar-refractivity contribution in [2.45, 2.75) is 32.9 Å². The van der Waals surface area contributed by atoms with Crippen molar-refractivity contribution in [3.63, 3.8) is 0 Å². The van der Waals surface area contributed by atoms with Crippen LogP contribution in [0.1, 0.15) is 31.3 Å². The Morgan fingerprint density at radius 3 is 2.76 bits per heavy atom. The number of amides is 2. The van der Waals surface area contributed by atoms with Gasteiger partial charge in [0.1, 0.15) is 11.7 Å². The number of H-pyrrole nitrogens is 1. The van der Waals surface area contributed by atoms with Crippen molar-refractivity contribution in [2.75, 3.05) is 11.6 Å². The van der Waals surface area contributed by atoms with Crippen molar-refractivity contribution < 1.29 is 9.59 Å². The van der Waals surface area contributed by atoms with Gasteiger partial charge in [-0.1, -0.05) is 25.4 Å². The highest BCUT2D eigenvalue weighted by Crippen LogP contribution is 2.24. The molecule has 2 amide bonds. The summed E-state index contributed by atoms with van der Waals surface area (Å²) in [4.78, 5) is 29.2. The first-order chi connectivity index (χ1) is 9.90. The Labute approximate surface area is 133 Å². The fourth-order valence-corrected chi connectivity index (χ4v) is 3.31. The van der Waals surface area contributed by atoms with E-state index in [2.05, 4.69) is 24.1 Å². The van der Waals surface area contributed by atoms with Crippen LogP contribution in [0, 0.1) is 5.92 Å². The molecule has 116 valence electrons. The predicted octanol–water partition coefficient (Wildman–Crippen LogP) is 2.34. The van der Waals surface area contributed by atoms with Gasteiger partial charge in [0.25, 0.3) is 5.91 Å². The molecule has 2 N–H and O–H groups in total. The second-order valence-electron chi connectivity index (χ2n) is 5.56. The maximum Gasteiger partial charge on any atom is 0.271 e. The first-order valence-corrected chi connectivity index (χ1v) is 8.46. The van der Waals surface area contributed by atoms with Crippen LogP contribution in [0.4, 0.5) is 0 Å². The first-order valence-electron chi connectivity index (χ1n) is 6.93. The van der Waals surface area contributed by atoms with Gasteiger partial charge in [-0.2, -0.15) is 0 Å². The molecule has 21 heavy (non-hydrogen) atoms. The summed E-state index contributed by atoms with van der Waals surface area (Å²) < 4.78 is 0. The van der Waals surface area contributed by atoms with Crippen LogP contribution in [-0.4, -0.2) is 45.4 Å². The third-order valence-corrected chi connectivity index (χ3v) is 4.92. The van der Waals surface area contributed by atoms with E-state index in [4.69, 9.17) is 11.6 Å². The number of rotatable bonds is 4. The SMILES string of the molecule is CC(C)[C@H](C)NC(=O)[C@H]1CSCN1C(=O)c1cc(Cl)c[nH]1. The Morgan fingerprint density at radius 1 is 1.48 bits per heavy atom. The molecule has 2 heterocycles. The summed E-state index contributed by atoms with van der Waals surface area (Å²) in [5.41, 5.74) is 0.414. The van der Waals surface area contributed by atoms with Crippen LogP contribution < -0.4 is 5.32 Å². The van der Waals surface area contributed by atoms with Crippen LogP contribution in [0.25, 0.3) is 0 Å². The summed E-state index contributed by atoms with van der Waals surface area (Å²) in [6, 6.07) is 1.24. The van der Waals surface area contributed by atoms with E-state index in [9.17, 15) is 9.59 Å². The maximum atomic E-state index is 12.4. The summed E-state index contributed by atoms with van der Waals surface area (Å²) in [6.07, 6.45) is 1.56. The quantitative estimate of drug-likeness (QED) is 0.891. The van der Waals surface area contributed by atoms with Crippen molar-refractivity contribution in [2.24, 2.45) is 5.92 Å². The highest BCUT2D eigenvalue weighted by atomic mass is 35.5. The minimum atomic E-state index is -0.425. The molecular formula is C14H20ClN3O2S. The van der Waals surface area contributed by atoms with Gasteiger partial charge >= 0.3 is 0 Å². The molecule has 0 bridgehead atoms. The third-order valence-electron chi connectivity index (χ3n) is 3.69. The zero-order valence-corrected chi connectivity index (χ0v) is 13.9. The van der Waals surface area contributed by atoms with E-state index in [-0.39, 0.29) is 17.9 Å². The molecule has 1 aliphatic heterocycles. The van der Waals surface area contributed by atoms with E-state index in [0.717, 1.165) is 0 Å². The van der Waals surface area contributed by atoms with Crippen LogP contribution in [0.3, 0.4) is 0 Å². The third kappa shape index (κ3) is 3.74. The van der Waals surface area contributed by atoms with Crippen LogP contribution >= 0.6 is 23.4 Å². The van der Waals surface area contributed by atoms with Crippen molar-refractivity contribution >= 4 is 35.2 Å². The lowest BCUT2D eigenvalue weighted by Crippen LogP contribution is -2.50. The summed E-state index contributed by atoms with van der Waals surface area (Å²) >= 11 is 7.41. The zero-order valence-electron chi connectivity index (χ0n) is 12.4. The lowest BCUT2D eigenvalue weighted by atomic mass is 10.1. The van der Waals surface area contributed by atoms with E-state index in [1.165, 1.54) is 0 Å². The highest BCUT2D eigenvalue weighted by molar-refractivity contribution is 7.99. The smallest absolute Gasteiger partial charge is 0.271 e. The minimum absolute atomic E-state index is 0.0833. The molecule has 1 fully saturated rings. The zero-order chi connectivity index (χ0) is 15.6. The molecule has 0 aliphatic carbocycles. The Hall–Kier alpha value is -1.14. The molecule has 7 heteroatoms. The average molecular weight is 330 g/mol. The molecule has 2 rings (SSSR count). The van der Waals surface area contributed by atoms with E-state index in [1.54, 1.807) is 28.9 Å². The molecule has 2 atom stereocenters. The van der Waals surface area contributed by atoms with Crippen LogP contribution in [0.5, 0.6) is 0 Å². The number of hydrogen-bond acceptors (Lipinski definition) is 3. The molecule has 0 aromatic carbocycles. The number of halogens is 1. The molecule has 1 aromatic rings. The van der Waals surface area contributed by atoms with E-state index in [0.29, 0.717) is 28.3 Å². The topological polar surface area (TPSA) is 65.2 Å². The molecule has 0 unspecified atom stereocenters. The minimum Gasteiger partial charge on any atom is -0.356 e. The number of carbonyl (C=O) groups excluding carboxylic acids is 2. The van der Waals surface area contributed by atoms with E-state index < -0.39 is 6.04 Å². The molecule has 1 aliphatic rings. The molecule has 5 nitrogen and oxygen atoms in total. The second kappa shape index (κ2) is 6.75. The van der Waals surface area contributed by atoms with Crippen LogP contribution in [0.15, 0.2) is 12.3 Å². The van der Waals surface area contributed by atoms with Gasteiger partial charge < -0.3 is 15.2 Å². The van der Waals surface area contributed by atoms with Gasteiger partial charge in [0.15, 0.2) is 0 Å². The van der Waals surface area contributed by atoms with Gasteiger partial charge in [0.05, 0.1) is 10.9 Å². The molecule has 0 spiro atoms. The molecule has 0 saturated carbocycles. The lowest BCUT2D eigenvalue weighted by molar-refractivity contribution is -0.125. The summed E-state index contributed by atoms with van der Waals surface area (Å²) in [5.74, 6) is 1.21. The fraction of sp³-hybridized carbons (Fsp3) is 0.571. The summed E-state index contributed by atoms with van der Waals surface area (Å²) in [7, 11) is 0. The number of hydrogen-bond donors (Lipinski definition) is 2. The molecular weight excluding hydrogens is 310 g/mol. The summed E-state index contributed by atoms with van der Waals surface area (Å²) in [5, 5.41) is 3.47. The number of nitrogens with zero attached hydrogens (tertiary/aromatic N) is 1. The fourth-order valence-electron chi connectivity index (χ4n) is 1.99. The molecule has 1 aromatic heterocycles. The van der Waals surface area contributed by atoms with Crippen LogP contribution in [-0.2, 0) is 4.79 Å². The normalized spacial score (nSPS) is 19.9. The first kappa shape index (κ1) is 16.2. The van der Waals surface area contributed by atoms with Crippen molar-refractivity contribution in [3.05, 3.63) is 23.0 Å². The second-order valence-corrected chi connectivity index (χ2v) is 7.00. The van der Waals surface area contributed by atoms with Crippen molar-refractivity contribution in [3.8, 4) is 0 Å². The number of aromatic nitrogens is 1. The standard InChI is InChI=1S/C14H20ClN3O2S/c1-8(2)9(3)17-13(19)12-6-21-7-18(12)14(20)11-4-10(15)5-16-11/h4-5,8-9,12,16H,6-7H2,1-3H3,(H,17,19)/t9-,12+/m0/s1. The molecule has 0 radical (unpaired) electrons. The van der Waals surface area contributed by atoms with Gasteiger partial charge in [-0.25, -0.2) is 0 Å². The maximum absolute atomic E-state index is 12.4. The summed E-state index contributed by atoms with van der Waals surface area (Å²) in [6.45, 7) is 6.08. The number of aromatic amines is 1. The van der Waals surface area contributed by atoms with Gasteiger partial charge in [-0.05, 0) is 18.9 Å². The Balaban J connectivity index is 2.06. The van der Waals surface area contributed by atoms with E-state index >= 15 is 0 Å². The number of nitrogens with one attached hydrogen (secondary N) is 2. The van der Waals surface area contributed by atoms with Gasteiger partial charge in [0.2, 0.25) is 5.91 Å². The van der Waals surface area contributed by atoms with E-state index in [1.807, 2.05) is 6.92 Å². The monoisotopic (exact) mass is 329 g/mol. The van der Waals surface area contributed by atoms with Crippen LogP contribution in [0.2, 0.25) is 5.02 Å². The highest BCUT2D eigenvalue weighted by Gasteiger charge is 2.36. The van der Waals surface area contributed by atoms with Gasteiger partial charge in [-0.3, -0.25) is 9.59 Å². The van der Waals surface area contributed by atoms with Gasteiger partial charge in [-0.15, -0.1) is 11.8 Å². The van der Waals surface area contributed by atoms with Crippen molar-refractivity contribution in [1.29, 1.82) is 0 Å². The predicted molar refractivity (Wildman–Crippen MR) is 85.5 cm³/mol. The lowest BCUT2D eigenvalue weighted by Gasteiger charge is -2.25. The Bertz CT molecular complexity index is 532. The number of thioether (sulfide) groups is 1. The van der Waals surface area contributed by atoms with Crippen molar-refractivity contribution in [1.82, 2.24) is 15.2 Å². The largest absolute Gasteiger partial charge is 0.356 e. The van der Waals surface area contributed by atoms with Gasteiger partial charge in [0, 0.05) is 18.0 Å². The Morgan fingerprint density at radius 2 is 2.19 bits per heavy atom. The number of carbonyl (C=O) groups is 2. The average Bonchev–Trinajstić information content (AvgIpc) is 3.06. The molecule has 1 saturated heterocycles.